The van der Waals surface area contributed by atoms with Gasteiger partial charge in [-0.15, -0.1) is 11.3 Å². The standard InChI is InChI=1S/C15H24N2O3S/c1-5-6-7-11(13(19)20)17-12(18)8-10-9-21-14(16-10)15(2,3)4/h9,11H,5-8H2,1-4H3,(H,17,18)(H,19,20)/t11-/m0/s1. The first-order valence-corrected chi connectivity index (χ1v) is 8.09. The lowest BCUT2D eigenvalue weighted by molar-refractivity contribution is -0.142. The molecule has 1 atom stereocenters. The molecule has 0 aliphatic carbocycles. The van der Waals surface area contributed by atoms with E-state index < -0.39 is 12.0 Å². The van der Waals surface area contributed by atoms with Gasteiger partial charge in [0.15, 0.2) is 0 Å². The fraction of sp³-hybridized carbons (Fsp3) is 0.667. The fourth-order valence-corrected chi connectivity index (χ4v) is 2.72. The summed E-state index contributed by atoms with van der Waals surface area (Å²) in [7, 11) is 0. The van der Waals surface area contributed by atoms with Crippen molar-refractivity contribution in [3.63, 3.8) is 0 Å². The summed E-state index contributed by atoms with van der Waals surface area (Å²) in [6, 6.07) is -0.807. The average Bonchev–Trinajstić information content (AvgIpc) is 2.82. The second kappa shape index (κ2) is 7.54. The second-order valence-electron chi connectivity index (χ2n) is 6.17. The molecule has 0 radical (unpaired) electrons. The van der Waals surface area contributed by atoms with Crippen LogP contribution >= 0.6 is 11.3 Å². The minimum Gasteiger partial charge on any atom is -0.480 e. The first-order chi connectivity index (χ1) is 9.74. The molecule has 0 spiro atoms. The Morgan fingerprint density at radius 2 is 2.10 bits per heavy atom. The quantitative estimate of drug-likeness (QED) is 0.811. The monoisotopic (exact) mass is 312 g/mol. The van der Waals surface area contributed by atoms with Crippen LogP contribution in [-0.2, 0) is 21.4 Å². The Morgan fingerprint density at radius 1 is 1.43 bits per heavy atom. The van der Waals surface area contributed by atoms with Crippen molar-refractivity contribution in [3.05, 3.63) is 16.1 Å². The highest BCUT2D eigenvalue weighted by atomic mass is 32.1. The number of unbranched alkanes of at least 4 members (excludes halogenated alkanes) is 1. The SMILES string of the molecule is CCCC[C@H](NC(=O)Cc1csc(C(C)(C)C)n1)C(=O)O. The van der Waals surface area contributed by atoms with Crippen LogP contribution in [0.15, 0.2) is 5.38 Å². The molecule has 118 valence electrons. The Bertz CT molecular complexity index is 491. The van der Waals surface area contributed by atoms with Gasteiger partial charge in [0, 0.05) is 10.8 Å². The number of carboxylic acid groups (broad SMARTS) is 1. The third-order valence-electron chi connectivity index (χ3n) is 3.01. The van der Waals surface area contributed by atoms with Gasteiger partial charge in [-0.3, -0.25) is 4.79 Å². The van der Waals surface area contributed by atoms with Gasteiger partial charge in [0.1, 0.15) is 6.04 Å². The Balaban J connectivity index is 2.60. The zero-order chi connectivity index (χ0) is 16.0. The third-order valence-corrected chi connectivity index (χ3v) is 4.33. The lowest BCUT2D eigenvalue weighted by Gasteiger charge is -2.14. The van der Waals surface area contributed by atoms with Crippen molar-refractivity contribution in [1.29, 1.82) is 0 Å². The second-order valence-corrected chi connectivity index (χ2v) is 7.03. The smallest absolute Gasteiger partial charge is 0.326 e. The number of nitrogens with zero attached hydrogens (tertiary/aromatic N) is 1. The topological polar surface area (TPSA) is 79.3 Å². The number of aromatic nitrogens is 1. The third kappa shape index (κ3) is 5.83. The molecule has 2 N–H and O–H groups in total. The molecule has 1 amide bonds. The number of hydrogen-bond donors (Lipinski definition) is 2. The number of hydrogen-bond acceptors (Lipinski definition) is 4. The zero-order valence-electron chi connectivity index (χ0n) is 13.1. The van der Waals surface area contributed by atoms with E-state index in [1.807, 2.05) is 12.3 Å². The molecule has 0 bridgehead atoms. The lowest BCUT2D eigenvalue weighted by Crippen LogP contribution is -2.41. The van der Waals surface area contributed by atoms with Crippen LogP contribution in [0.5, 0.6) is 0 Å². The summed E-state index contributed by atoms with van der Waals surface area (Å²) in [6.07, 6.45) is 2.27. The van der Waals surface area contributed by atoms with E-state index in [2.05, 4.69) is 31.1 Å². The van der Waals surface area contributed by atoms with Crippen LogP contribution in [-0.4, -0.2) is 28.0 Å². The normalized spacial score (nSPS) is 13.0. The first kappa shape index (κ1) is 17.6. The highest BCUT2D eigenvalue weighted by Gasteiger charge is 2.21. The van der Waals surface area contributed by atoms with Crippen LogP contribution in [0.4, 0.5) is 0 Å². The van der Waals surface area contributed by atoms with Crippen LogP contribution in [0.25, 0.3) is 0 Å². The minimum atomic E-state index is -0.981. The molecule has 0 saturated carbocycles. The minimum absolute atomic E-state index is 0.0376. The van der Waals surface area contributed by atoms with Crippen molar-refractivity contribution in [1.82, 2.24) is 10.3 Å². The summed E-state index contributed by atoms with van der Waals surface area (Å²) in [5.41, 5.74) is 0.659. The van der Waals surface area contributed by atoms with Crippen LogP contribution < -0.4 is 5.32 Å². The van der Waals surface area contributed by atoms with Gasteiger partial charge >= 0.3 is 5.97 Å². The largest absolute Gasteiger partial charge is 0.480 e. The highest BCUT2D eigenvalue weighted by molar-refractivity contribution is 7.09. The average molecular weight is 312 g/mol. The Morgan fingerprint density at radius 3 is 2.57 bits per heavy atom. The van der Waals surface area contributed by atoms with Gasteiger partial charge in [0.05, 0.1) is 17.1 Å². The van der Waals surface area contributed by atoms with Crippen molar-refractivity contribution in [3.8, 4) is 0 Å². The van der Waals surface area contributed by atoms with Crippen LogP contribution in [0.1, 0.15) is 57.7 Å². The highest BCUT2D eigenvalue weighted by Crippen LogP contribution is 2.25. The molecule has 1 heterocycles. The molecule has 1 rings (SSSR count). The Hall–Kier alpha value is -1.43. The van der Waals surface area contributed by atoms with Crippen LogP contribution in [0, 0.1) is 0 Å². The van der Waals surface area contributed by atoms with Gasteiger partial charge in [0.25, 0.3) is 0 Å². The number of amides is 1. The summed E-state index contributed by atoms with van der Waals surface area (Å²) >= 11 is 1.53. The number of rotatable bonds is 7. The van der Waals surface area contributed by atoms with E-state index in [1.165, 1.54) is 11.3 Å². The van der Waals surface area contributed by atoms with Crippen molar-refractivity contribution < 1.29 is 14.7 Å². The summed E-state index contributed by atoms with van der Waals surface area (Å²) in [6.45, 7) is 8.20. The lowest BCUT2D eigenvalue weighted by atomic mass is 9.98. The van der Waals surface area contributed by atoms with Gasteiger partial charge in [-0.1, -0.05) is 40.5 Å². The molecule has 0 fully saturated rings. The number of carbonyl (C=O) groups excluding carboxylic acids is 1. The van der Waals surface area contributed by atoms with E-state index in [0.29, 0.717) is 12.1 Å². The molecule has 5 nitrogen and oxygen atoms in total. The number of carbonyl (C=O) groups is 2. The number of nitrogens with one attached hydrogen (secondary N) is 1. The predicted molar refractivity (Wildman–Crippen MR) is 83.6 cm³/mol. The molecule has 1 aromatic rings. The van der Waals surface area contributed by atoms with E-state index >= 15 is 0 Å². The number of carboxylic acids is 1. The summed E-state index contributed by atoms with van der Waals surface area (Å²) in [5, 5.41) is 14.5. The van der Waals surface area contributed by atoms with Gasteiger partial charge in [0.2, 0.25) is 5.91 Å². The summed E-state index contributed by atoms with van der Waals surface area (Å²) in [5.74, 6) is -1.27. The molecular weight excluding hydrogens is 288 g/mol. The molecule has 0 aromatic carbocycles. The van der Waals surface area contributed by atoms with Crippen molar-refractivity contribution in [2.75, 3.05) is 0 Å². The van der Waals surface area contributed by atoms with Gasteiger partial charge in [-0.05, 0) is 6.42 Å². The number of aliphatic carboxylic acids is 1. The van der Waals surface area contributed by atoms with E-state index in [4.69, 9.17) is 5.11 Å². The molecule has 21 heavy (non-hydrogen) atoms. The maximum absolute atomic E-state index is 11.9. The Labute approximate surface area is 129 Å². The van der Waals surface area contributed by atoms with Crippen LogP contribution in [0.2, 0.25) is 0 Å². The maximum Gasteiger partial charge on any atom is 0.326 e. The molecule has 0 aliphatic heterocycles. The van der Waals surface area contributed by atoms with Crippen molar-refractivity contribution in [2.24, 2.45) is 0 Å². The van der Waals surface area contributed by atoms with Gasteiger partial charge in [-0.2, -0.15) is 0 Å². The fourth-order valence-electron chi connectivity index (χ4n) is 1.81. The molecule has 6 heteroatoms. The van der Waals surface area contributed by atoms with E-state index in [0.717, 1.165) is 17.8 Å². The molecule has 0 saturated heterocycles. The summed E-state index contributed by atoms with van der Waals surface area (Å²) in [4.78, 5) is 27.5. The summed E-state index contributed by atoms with van der Waals surface area (Å²) < 4.78 is 0. The van der Waals surface area contributed by atoms with Gasteiger partial charge < -0.3 is 10.4 Å². The van der Waals surface area contributed by atoms with Crippen LogP contribution in [0.3, 0.4) is 0 Å². The maximum atomic E-state index is 11.9. The van der Waals surface area contributed by atoms with E-state index in [1.54, 1.807) is 0 Å². The number of thiazole rings is 1. The first-order valence-electron chi connectivity index (χ1n) is 7.21. The van der Waals surface area contributed by atoms with E-state index in [-0.39, 0.29) is 17.7 Å². The Kier molecular flexibility index (Phi) is 6.33. The predicted octanol–water partition coefficient (Wildman–Crippen LogP) is 2.74. The zero-order valence-corrected chi connectivity index (χ0v) is 13.9. The molecule has 0 unspecified atom stereocenters. The molecule has 1 aromatic heterocycles. The van der Waals surface area contributed by atoms with E-state index in [9.17, 15) is 9.59 Å². The van der Waals surface area contributed by atoms with Crippen molar-refractivity contribution in [2.45, 2.75) is 64.8 Å². The van der Waals surface area contributed by atoms with Crippen molar-refractivity contribution >= 4 is 23.2 Å². The van der Waals surface area contributed by atoms with Gasteiger partial charge in [-0.25, -0.2) is 9.78 Å². The molecular formula is C15H24N2O3S. The molecule has 0 aliphatic rings.